The molecule has 144 valence electrons. The lowest BCUT2D eigenvalue weighted by atomic mass is 10.0. The van der Waals surface area contributed by atoms with Crippen molar-refractivity contribution in [2.75, 3.05) is 14.2 Å². The molecule has 4 rings (SSSR count). The Bertz CT molecular complexity index is 1290. The van der Waals surface area contributed by atoms with Crippen molar-refractivity contribution in [3.8, 4) is 28.8 Å². The number of nitrogens with two attached hydrogens (primary N) is 1. The Morgan fingerprint density at radius 3 is 2.48 bits per heavy atom. The van der Waals surface area contributed by atoms with Gasteiger partial charge in [-0.25, -0.2) is 0 Å². The van der Waals surface area contributed by atoms with Gasteiger partial charge in [-0.05, 0) is 18.2 Å². The van der Waals surface area contributed by atoms with E-state index >= 15 is 0 Å². The molecule has 0 radical (unpaired) electrons. The van der Waals surface area contributed by atoms with Gasteiger partial charge < -0.3 is 15.2 Å². The number of hydrogen-bond acceptors (Lipinski definition) is 6. The number of benzene rings is 2. The van der Waals surface area contributed by atoms with Crippen molar-refractivity contribution >= 4 is 27.7 Å². The summed E-state index contributed by atoms with van der Waals surface area (Å²) in [5, 5.41) is 15.3. The molecule has 2 aromatic carbocycles. The van der Waals surface area contributed by atoms with E-state index in [2.05, 4.69) is 16.2 Å². The minimum absolute atomic E-state index is 0.0761. The van der Waals surface area contributed by atoms with Crippen LogP contribution in [0.2, 0.25) is 0 Å². The monoisotopic (exact) mass is 387 g/mol. The Hall–Kier alpha value is -4.12. The quantitative estimate of drug-likeness (QED) is 0.563. The van der Waals surface area contributed by atoms with Crippen LogP contribution in [0.5, 0.6) is 11.5 Å². The van der Waals surface area contributed by atoms with E-state index in [0.717, 1.165) is 16.3 Å². The van der Waals surface area contributed by atoms with Crippen LogP contribution in [-0.4, -0.2) is 34.9 Å². The van der Waals surface area contributed by atoms with Crippen molar-refractivity contribution in [3.63, 3.8) is 0 Å². The summed E-state index contributed by atoms with van der Waals surface area (Å²) in [5.41, 5.74) is 8.78. The van der Waals surface area contributed by atoms with E-state index in [1.54, 1.807) is 38.6 Å². The van der Waals surface area contributed by atoms with Gasteiger partial charge in [-0.1, -0.05) is 12.1 Å². The van der Waals surface area contributed by atoms with Gasteiger partial charge in [0.05, 0.1) is 43.1 Å². The number of fused-ring (bicyclic) bond motifs is 3. The van der Waals surface area contributed by atoms with E-state index in [1.807, 2.05) is 18.2 Å². The number of ether oxygens (including phenoxy) is 2. The molecule has 0 saturated carbocycles. The number of nitrogens with zero attached hydrogens (tertiary/aromatic N) is 4. The Balaban J connectivity index is 2.08. The highest BCUT2D eigenvalue weighted by Gasteiger charge is 2.19. The molecule has 2 N–H and O–H groups in total. The lowest BCUT2D eigenvalue weighted by Crippen LogP contribution is -2.19. The first-order chi connectivity index (χ1) is 14.0. The van der Waals surface area contributed by atoms with Crippen molar-refractivity contribution in [1.82, 2.24) is 14.8 Å². The standard InChI is InChI=1S/C21H17N5O3/c1-28-17-7-14-15(8-18(17)29-2)24-10-16-20(14)21(25-26(16)11-19(23)27)13-5-3-12(9-22)4-6-13/h3-8,10H,11H2,1-2H3,(H2,23,27). The number of nitriles is 1. The number of pyridine rings is 1. The fraction of sp³-hybridized carbons (Fsp3) is 0.143. The van der Waals surface area contributed by atoms with Gasteiger partial charge >= 0.3 is 0 Å². The molecule has 0 unspecified atom stereocenters. The first-order valence-electron chi connectivity index (χ1n) is 8.75. The number of aromatic nitrogens is 3. The molecule has 8 nitrogen and oxygen atoms in total. The summed E-state index contributed by atoms with van der Waals surface area (Å²) in [6.07, 6.45) is 1.66. The summed E-state index contributed by atoms with van der Waals surface area (Å²) in [6.45, 7) is -0.0761. The second kappa shape index (κ2) is 7.13. The zero-order valence-electron chi connectivity index (χ0n) is 15.8. The van der Waals surface area contributed by atoms with Crippen molar-refractivity contribution in [3.05, 3.63) is 48.2 Å². The number of carbonyl (C=O) groups excluding carboxylic acids is 1. The van der Waals surface area contributed by atoms with Gasteiger partial charge in [0.2, 0.25) is 5.91 Å². The molecule has 0 atom stereocenters. The van der Waals surface area contributed by atoms with E-state index in [1.165, 1.54) is 4.68 Å². The van der Waals surface area contributed by atoms with Crippen LogP contribution in [0.15, 0.2) is 42.6 Å². The largest absolute Gasteiger partial charge is 0.493 e. The third kappa shape index (κ3) is 3.08. The molecular formula is C21H17N5O3. The Morgan fingerprint density at radius 2 is 1.86 bits per heavy atom. The lowest BCUT2D eigenvalue weighted by Gasteiger charge is -2.10. The molecule has 0 bridgehead atoms. The summed E-state index contributed by atoms with van der Waals surface area (Å²) in [6, 6.07) is 12.8. The number of carbonyl (C=O) groups is 1. The van der Waals surface area contributed by atoms with E-state index < -0.39 is 5.91 Å². The predicted molar refractivity (Wildman–Crippen MR) is 107 cm³/mol. The van der Waals surface area contributed by atoms with E-state index in [4.69, 9.17) is 20.5 Å². The third-order valence-electron chi connectivity index (χ3n) is 4.68. The van der Waals surface area contributed by atoms with E-state index in [-0.39, 0.29) is 6.54 Å². The van der Waals surface area contributed by atoms with Crippen LogP contribution >= 0.6 is 0 Å². The zero-order chi connectivity index (χ0) is 20.5. The number of rotatable bonds is 5. The average molecular weight is 387 g/mol. The fourth-order valence-electron chi connectivity index (χ4n) is 3.35. The molecule has 0 saturated heterocycles. The number of amides is 1. The highest BCUT2D eigenvalue weighted by molar-refractivity contribution is 6.12. The SMILES string of the molecule is COc1cc2ncc3c(c(-c4ccc(C#N)cc4)nn3CC(N)=O)c2cc1OC. The van der Waals surface area contributed by atoms with Gasteiger partial charge in [0.25, 0.3) is 0 Å². The van der Waals surface area contributed by atoms with Crippen molar-refractivity contribution in [2.45, 2.75) is 6.54 Å². The van der Waals surface area contributed by atoms with Gasteiger partial charge in [-0.3, -0.25) is 14.5 Å². The molecule has 29 heavy (non-hydrogen) atoms. The first kappa shape index (κ1) is 18.3. The third-order valence-corrected chi connectivity index (χ3v) is 4.68. The highest BCUT2D eigenvalue weighted by atomic mass is 16.5. The molecule has 0 spiro atoms. The topological polar surface area (TPSA) is 116 Å². The Kier molecular flexibility index (Phi) is 4.49. The van der Waals surface area contributed by atoms with Crippen LogP contribution in [0.4, 0.5) is 0 Å². The number of primary amides is 1. The molecule has 8 heteroatoms. The van der Waals surface area contributed by atoms with Crippen LogP contribution < -0.4 is 15.2 Å². The second-order valence-corrected chi connectivity index (χ2v) is 6.40. The minimum atomic E-state index is -0.506. The van der Waals surface area contributed by atoms with Gasteiger partial charge in [0, 0.05) is 22.4 Å². The van der Waals surface area contributed by atoms with Crippen LogP contribution in [-0.2, 0) is 11.3 Å². The Morgan fingerprint density at radius 1 is 1.17 bits per heavy atom. The molecule has 0 aliphatic carbocycles. The van der Waals surface area contributed by atoms with E-state index in [9.17, 15) is 4.79 Å². The summed E-state index contributed by atoms with van der Waals surface area (Å²) in [7, 11) is 3.13. The van der Waals surface area contributed by atoms with Gasteiger partial charge in [-0.15, -0.1) is 0 Å². The molecule has 0 fully saturated rings. The summed E-state index contributed by atoms with van der Waals surface area (Å²) >= 11 is 0. The van der Waals surface area contributed by atoms with Gasteiger partial charge in [-0.2, -0.15) is 10.4 Å². The van der Waals surface area contributed by atoms with Crippen LogP contribution in [0.25, 0.3) is 33.1 Å². The minimum Gasteiger partial charge on any atom is -0.493 e. The Labute approximate surface area is 166 Å². The second-order valence-electron chi connectivity index (χ2n) is 6.40. The maximum absolute atomic E-state index is 11.6. The number of methoxy groups -OCH3 is 2. The predicted octanol–water partition coefficient (Wildman–Crippen LogP) is 2.63. The van der Waals surface area contributed by atoms with Crippen molar-refractivity contribution in [2.24, 2.45) is 5.73 Å². The van der Waals surface area contributed by atoms with Gasteiger partial charge in [0.1, 0.15) is 12.2 Å². The maximum atomic E-state index is 11.6. The maximum Gasteiger partial charge on any atom is 0.239 e. The normalized spacial score (nSPS) is 10.8. The van der Waals surface area contributed by atoms with E-state index in [0.29, 0.717) is 33.8 Å². The van der Waals surface area contributed by atoms with Crippen molar-refractivity contribution < 1.29 is 14.3 Å². The summed E-state index contributed by atoms with van der Waals surface area (Å²) in [4.78, 5) is 16.1. The van der Waals surface area contributed by atoms with Crippen molar-refractivity contribution in [1.29, 1.82) is 5.26 Å². The zero-order valence-corrected chi connectivity index (χ0v) is 15.8. The molecule has 0 aliphatic heterocycles. The molecule has 0 aliphatic rings. The molecule has 2 aromatic heterocycles. The average Bonchev–Trinajstić information content (AvgIpc) is 3.10. The summed E-state index contributed by atoms with van der Waals surface area (Å²) in [5.74, 6) is 0.618. The van der Waals surface area contributed by atoms with Crippen LogP contribution in [0.1, 0.15) is 5.56 Å². The molecule has 4 aromatic rings. The summed E-state index contributed by atoms with van der Waals surface area (Å²) < 4.78 is 12.4. The van der Waals surface area contributed by atoms with Crippen LogP contribution in [0.3, 0.4) is 0 Å². The highest BCUT2D eigenvalue weighted by Crippen LogP contribution is 2.38. The number of hydrogen-bond donors (Lipinski definition) is 1. The van der Waals surface area contributed by atoms with Crippen LogP contribution in [0, 0.1) is 11.3 Å². The molecule has 1 amide bonds. The lowest BCUT2D eigenvalue weighted by molar-refractivity contribution is -0.118. The first-order valence-corrected chi connectivity index (χ1v) is 8.75. The molecular weight excluding hydrogens is 370 g/mol. The van der Waals surface area contributed by atoms with Gasteiger partial charge in [0.15, 0.2) is 11.5 Å². The molecule has 2 heterocycles. The fourth-order valence-corrected chi connectivity index (χ4v) is 3.35. The smallest absolute Gasteiger partial charge is 0.239 e.